The van der Waals surface area contributed by atoms with Crippen molar-refractivity contribution >= 4 is 5.78 Å². The van der Waals surface area contributed by atoms with Gasteiger partial charge < -0.3 is 4.74 Å². The van der Waals surface area contributed by atoms with Gasteiger partial charge in [-0.3, -0.25) is 4.79 Å². The van der Waals surface area contributed by atoms with Crippen LogP contribution in [0, 0.1) is 12.7 Å². The highest BCUT2D eigenvalue weighted by Crippen LogP contribution is 2.12. The van der Waals surface area contributed by atoms with Crippen LogP contribution in [0.1, 0.15) is 22.3 Å². The van der Waals surface area contributed by atoms with Crippen molar-refractivity contribution in [1.82, 2.24) is 0 Å². The molecule has 0 atom stereocenters. The number of carbonyl (C=O) groups excluding carboxylic acids is 1. The lowest BCUT2D eigenvalue weighted by atomic mass is 10.1. The third kappa shape index (κ3) is 4.56. The van der Waals surface area contributed by atoms with Gasteiger partial charge in [-0.15, -0.1) is 0 Å². The number of hydrogen-bond acceptors (Lipinski definition) is 2. The predicted octanol–water partition coefficient (Wildman–Crippen LogP) is 2.99. The highest BCUT2D eigenvalue weighted by atomic mass is 19.3. The number of alkyl halides is 2. The van der Waals surface area contributed by atoms with Crippen LogP contribution >= 0.6 is 0 Å². The molecular formula is C12H13F3O2. The van der Waals surface area contributed by atoms with E-state index < -0.39 is 24.6 Å². The summed E-state index contributed by atoms with van der Waals surface area (Å²) in [6.45, 7) is 0.906. The summed E-state index contributed by atoms with van der Waals surface area (Å²) < 4.78 is 41.3. The minimum absolute atomic E-state index is 0.0225. The molecule has 0 spiro atoms. The second-order valence-electron chi connectivity index (χ2n) is 3.62. The Morgan fingerprint density at radius 2 is 2.12 bits per heavy atom. The lowest BCUT2D eigenvalue weighted by Crippen LogP contribution is -2.10. The number of halogens is 3. The molecule has 0 fully saturated rings. The second kappa shape index (κ2) is 6.39. The minimum Gasteiger partial charge on any atom is -0.375 e. The van der Waals surface area contributed by atoms with E-state index in [0.717, 1.165) is 5.56 Å². The highest BCUT2D eigenvalue weighted by molar-refractivity contribution is 5.96. The molecule has 17 heavy (non-hydrogen) atoms. The summed E-state index contributed by atoms with van der Waals surface area (Å²) in [7, 11) is 0. The van der Waals surface area contributed by atoms with E-state index in [1.807, 2.05) is 0 Å². The third-order valence-electron chi connectivity index (χ3n) is 2.14. The number of hydrogen-bond donors (Lipinski definition) is 0. The Hall–Kier alpha value is -1.36. The number of ether oxygens (including phenoxy) is 1. The van der Waals surface area contributed by atoms with E-state index >= 15 is 0 Å². The lowest BCUT2D eigenvalue weighted by molar-refractivity contribution is 0.0169. The van der Waals surface area contributed by atoms with Crippen LogP contribution in [0.15, 0.2) is 18.2 Å². The Bertz CT molecular complexity index is 391. The first-order chi connectivity index (χ1) is 8.00. The van der Waals surface area contributed by atoms with Crippen molar-refractivity contribution in [2.75, 3.05) is 13.2 Å². The molecule has 0 saturated carbocycles. The quantitative estimate of drug-likeness (QED) is 0.569. The molecule has 0 aliphatic carbocycles. The van der Waals surface area contributed by atoms with Crippen LogP contribution in [-0.2, 0) is 4.74 Å². The monoisotopic (exact) mass is 246 g/mol. The van der Waals surface area contributed by atoms with Gasteiger partial charge in [-0.05, 0) is 19.1 Å². The van der Waals surface area contributed by atoms with Gasteiger partial charge in [0.1, 0.15) is 12.4 Å². The van der Waals surface area contributed by atoms with Crippen LogP contribution in [0.25, 0.3) is 0 Å². The molecule has 2 nitrogen and oxygen atoms in total. The van der Waals surface area contributed by atoms with E-state index in [9.17, 15) is 18.0 Å². The fraction of sp³-hybridized carbons (Fsp3) is 0.417. The van der Waals surface area contributed by atoms with Gasteiger partial charge >= 0.3 is 0 Å². The molecule has 1 aromatic rings. The zero-order valence-electron chi connectivity index (χ0n) is 9.38. The molecule has 0 aliphatic heterocycles. The molecular weight excluding hydrogens is 233 g/mol. The molecule has 0 unspecified atom stereocenters. The Balaban J connectivity index is 2.49. The van der Waals surface area contributed by atoms with Crippen molar-refractivity contribution in [1.29, 1.82) is 0 Å². The van der Waals surface area contributed by atoms with E-state index in [1.54, 1.807) is 13.0 Å². The Labute approximate surface area is 97.4 Å². The summed E-state index contributed by atoms with van der Waals surface area (Å²) in [6.07, 6.45) is -2.66. The Morgan fingerprint density at radius 3 is 2.76 bits per heavy atom. The fourth-order valence-corrected chi connectivity index (χ4v) is 1.32. The maximum Gasteiger partial charge on any atom is 0.261 e. The van der Waals surface area contributed by atoms with Crippen molar-refractivity contribution in [3.8, 4) is 0 Å². The number of Topliss-reactive ketones (excluding diaryl/α,β-unsaturated/α-hetero) is 1. The zero-order chi connectivity index (χ0) is 12.8. The van der Waals surface area contributed by atoms with E-state index in [-0.39, 0.29) is 18.6 Å². The largest absolute Gasteiger partial charge is 0.375 e. The van der Waals surface area contributed by atoms with E-state index in [1.165, 1.54) is 12.1 Å². The summed E-state index contributed by atoms with van der Waals surface area (Å²) in [5, 5.41) is 0. The topological polar surface area (TPSA) is 26.3 Å². The van der Waals surface area contributed by atoms with Gasteiger partial charge in [0.15, 0.2) is 5.78 Å². The average Bonchev–Trinajstić information content (AvgIpc) is 2.27. The van der Waals surface area contributed by atoms with Crippen LogP contribution in [-0.4, -0.2) is 25.4 Å². The normalized spacial score (nSPS) is 10.9. The maximum absolute atomic E-state index is 13.3. The molecule has 0 amide bonds. The van der Waals surface area contributed by atoms with Crippen molar-refractivity contribution in [3.05, 3.63) is 35.1 Å². The molecule has 0 aromatic heterocycles. The van der Waals surface area contributed by atoms with Gasteiger partial charge in [-0.25, -0.2) is 13.2 Å². The summed E-state index contributed by atoms with van der Waals surface area (Å²) in [6, 6.07) is 4.20. The summed E-state index contributed by atoms with van der Waals surface area (Å²) in [4.78, 5) is 11.6. The number of ketones is 1. The van der Waals surface area contributed by atoms with Crippen LogP contribution in [0.2, 0.25) is 0 Å². The van der Waals surface area contributed by atoms with Gasteiger partial charge in [0, 0.05) is 6.42 Å². The van der Waals surface area contributed by atoms with Crippen LogP contribution in [0.5, 0.6) is 0 Å². The molecule has 0 N–H and O–H groups in total. The third-order valence-corrected chi connectivity index (χ3v) is 2.14. The molecule has 1 rings (SSSR count). The lowest BCUT2D eigenvalue weighted by Gasteiger charge is -2.05. The highest BCUT2D eigenvalue weighted by Gasteiger charge is 2.12. The predicted molar refractivity (Wildman–Crippen MR) is 56.9 cm³/mol. The van der Waals surface area contributed by atoms with Gasteiger partial charge in [0.05, 0.1) is 12.2 Å². The van der Waals surface area contributed by atoms with Gasteiger partial charge in [0.25, 0.3) is 6.43 Å². The first kappa shape index (κ1) is 13.7. The number of carbonyl (C=O) groups is 1. The van der Waals surface area contributed by atoms with Crippen molar-refractivity contribution in [2.24, 2.45) is 0 Å². The van der Waals surface area contributed by atoms with Gasteiger partial charge in [-0.2, -0.15) is 0 Å². The number of rotatable bonds is 6. The van der Waals surface area contributed by atoms with Crippen LogP contribution < -0.4 is 0 Å². The number of aryl methyl sites for hydroxylation is 1. The zero-order valence-corrected chi connectivity index (χ0v) is 9.38. The SMILES string of the molecule is Cc1ccc(F)c(C(=O)CCOCC(F)F)c1. The van der Waals surface area contributed by atoms with E-state index in [4.69, 9.17) is 0 Å². The molecule has 0 aliphatic rings. The average molecular weight is 246 g/mol. The van der Waals surface area contributed by atoms with E-state index in [2.05, 4.69) is 4.74 Å². The molecule has 1 aromatic carbocycles. The Morgan fingerprint density at radius 1 is 1.41 bits per heavy atom. The second-order valence-corrected chi connectivity index (χ2v) is 3.62. The minimum atomic E-state index is -2.55. The molecule has 5 heteroatoms. The number of benzene rings is 1. The maximum atomic E-state index is 13.3. The van der Waals surface area contributed by atoms with E-state index in [0.29, 0.717) is 0 Å². The van der Waals surface area contributed by atoms with Crippen molar-refractivity contribution in [2.45, 2.75) is 19.8 Å². The molecule has 0 heterocycles. The fourth-order valence-electron chi connectivity index (χ4n) is 1.32. The molecule has 0 saturated heterocycles. The van der Waals surface area contributed by atoms with Crippen molar-refractivity contribution in [3.63, 3.8) is 0 Å². The van der Waals surface area contributed by atoms with Gasteiger partial charge in [-0.1, -0.05) is 11.6 Å². The molecule has 0 bridgehead atoms. The summed E-state index contributed by atoms with van der Waals surface area (Å²) >= 11 is 0. The molecule has 0 radical (unpaired) electrons. The smallest absolute Gasteiger partial charge is 0.261 e. The Kier molecular flexibility index (Phi) is 5.15. The first-order valence-electron chi connectivity index (χ1n) is 5.16. The summed E-state index contributed by atoms with van der Waals surface area (Å²) in [5.74, 6) is -1.05. The molecule has 94 valence electrons. The standard InChI is InChI=1S/C12H13F3O2/c1-8-2-3-10(13)9(6-8)11(16)4-5-17-7-12(14)15/h2-3,6,12H,4-5,7H2,1H3. The van der Waals surface area contributed by atoms with Crippen LogP contribution in [0.3, 0.4) is 0 Å². The van der Waals surface area contributed by atoms with Crippen LogP contribution in [0.4, 0.5) is 13.2 Å². The van der Waals surface area contributed by atoms with Gasteiger partial charge in [0.2, 0.25) is 0 Å². The van der Waals surface area contributed by atoms with Crippen molar-refractivity contribution < 1.29 is 22.7 Å². The summed E-state index contributed by atoms with van der Waals surface area (Å²) in [5.41, 5.74) is 0.744. The first-order valence-corrected chi connectivity index (χ1v) is 5.16.